The highest BCUT2D eigenvalue weighted by Crippen LogP contribution is 2.25. The van der Waals surface area contributed by atoms with Crippen molar-refractivity contribution in [1.82, 2.24) is 9.62 Å². The number of amides is 1. The van der Waals surface area contributed by atoms with Crippen LogP contribution in [0.15, 0.2) is 39.6 Å². The first-order valence-corrected chi connectivity index (χ1v) is 9.04. The second-order valence-corrected chi connectivity index (χ2v) is 8.10. The molecular formula is C16H19ClN2O4S. The van der Waals surface area contributed by atoms with E-state index in [9.17, 15) is 13.2 Å². The summed E-state index contributed by atoms with van der Waals surface area (Å²) in [5, 5.41) is 2.83. The number of carbonyl (C=O) groups is 1. The normalized spacial score (nSPS) is 13.1. The molecule has 0 fully saturated rings. The Hall–Kier alpha value is -1.83. The molecule has 1 heterocycles. The number of aryl methyl sites for hydroxylation is 1. The summed E-state index contributed by atoms with van der Waals surface area (Å²) in [6.45, 7) is 3.60. The molecule has 1 unspecified atom stereocenters. The molecule has 1 atom stereocenters. The van der Waals surface area contributed by atoms with Crippen molar-refractivity contribution in [2.75, 3.05) is 14.1 Å². The SMILES string of the molecule is Cc1ccc(C(C)NC(=O)c2ccc(Cl)c(S(=O)(=O)N(C)C)c2)o1. The lowest BCUT2D eigenvalue weighted by atomic mass is 10.2. The van der Waals surface area contributed by atoms with Gasteiger partial charge in [-0.2, -0.15) is 0 Å². The van der Waals surface area contributed by atoms with E-state index in [0.717, 1.165) is 10.1 Å². The lowest BCUT2D eigenvalue weighted by Crippen LogP contribution is -2.27. The Morgan fingerprint density at radius 2 is 1.92 bits per heavy atom. The maximum absolute atomic E-state index is 12.4. The van der Waals surface area contributed by atoms with Crippen molar-refractivity contribution in [2.45, 2.75) is 24.8 Å². The molecule has 1 amide bonds. The number of nitrogens with zero attached hydrogens (tertiary/aromatic N) is 1. The first kappa shape index (κ1) is 18.5. The summed E-state index contributed by atoms with van der Waals surface area (Å²) in [4.78, 5) is 12.3. The van der Waals surface area contributed by atoms with Gasteiger partial charge in [0.15, 0.2) is 0 Å². The predicted molar refractivity (Wildman–Crippen MR) is 91.7 cm³/mol. The molecular weight excluding hydrogens is 352 g/mol. The summed E-state index contributed by atoms with van der Waals surface area (Å²) in [6, 6.07) is 7.39. The quantitative estimate of drug-likeness (QED) is 0.877. The van der Waals surface area contributed by atoms with Crippen LogP contribution in [0, 0.1) is 6.92 Å². The molecule has 24 heavy (non-hydrogen) atoms. The molecule has 6 nitrogen and oxygen atoms in total. The number of hydrogen-bond donors (Lipinski definition) is 1. The molecule has 0 aliphatic carbocycles. The van der Waals surface area contributed by atoms with Gasteiger partial charge in [0.25, 0.3) is 5.91 Å². The van der Waals surface area contributed by atoms with E-state index in [-0.39, 0.29) is 21.5 Å². The van der Waals surface area contributed by atoms with Crippen molar-refractivity contribution in [3.63, 3.8) is 0 Å². The molecule has 0 aliphatic heterocycles. The zero-order chi connectivity index (χ0) is 18.1. The van der Waals surface area contributed by atoms with Crippen LogP contribution in [0.5, 0.6) is 0 Å². The van der Waals surface area contributed by atoms with Crippen molar-refractivity contribution in [1.29, 1.82) is 0 Å². The predicted octanol–water partition coefficient (Wildman–Crippen LogP) is 2.98. The van der Waals surface area contributed by atoms with E-state index in [4.69, 9.17) is 16.0 Å². The van der Waals surface area contributed by atoms with E-state index in [1.165, 1.54) is 32.3 Å². The van der Waals surface area contributed by atoms with Crippen LogP contribution in [0.4, 0.5) is 0 Å². The number of nitrogens with one attached hydrogen (secondary N) is 1. The molecule has 130 valence electrons. The zero-order valence-corrected chi connectivity index (χ0v) is 15.4. The van der Waals surface area contributed by atoms with Gasteiger partial charge in [0.05, 0.1) is 11.1 Å². The summed E-state index contributed by atoms with van der Waals surface area (Å²) < 4.78 is 31.1. The molecule has 2 rings (SSSR count). The average Bonchev–Trinajstić information content (AvgIpc) is 2.93. The van der Waals surface area contributed by atoms with Crippen LogP contribution in [-0.2, 0) is 10.0 Å². The Labute approximate surface area is 146 Å². The largest absolute Gasteiger partial charge is 0.464 e. The third-order valence-corrected chi connectivity index (χ3v) is 5.78. The molecule has 0 aliphatic rings. The van der Waals surface area contributed by atoms with Crippen LogP contribution in [0.3, 0.4) is 0 Å². The van der Waals surface area contributed by atoms with Crippen LogP contribution < -0.4 is 5.32 Å². The lowest BCUT2D eigenvalue weighted by Gasteiger charge is -2.15. The van der Waals surface area contributed by atoms with Crippen LogP contribution in [0.25, 0.3) is 0 Å². The van der Waals surface area contributed by atoms with Gasteiger partial charge in [-0.1, -0.05) is 11.6 Å². The molecule has 2 aromatic rings. The number of carbonyl (C=O) groups excluding carboxylic acids is 1. The van der Waals surface area contributed by atoms with E-state index < -0.39 is 15.9 Å². The van der Waals surface area contributed by atoms with Crippen molar-refractivity contribution >= 4 is 27.5 Å². The van der Waals surface area contributed by atoms with Crippen LogP contribution in [0.2, 0.25) is 5.02 Å². The lowest BCUT2D eigenvalue weighted by molar-refractivity contribution is 0.0935. The fourth-order valence-corrected chi connectivity index (χ4v) is 3.47. The molecule has 0 radical (unpaired) electrons. The number of halogens is 1. The Balaban J connectivity index is 2.28. The zero-order valence-electron chi connectivity index (χ0n) is 13.8. The Morgan fingerprint density at radius 1 is 1.25 bits per heavy atom. The Morgan fingerprint density at radius 3 is 2.46 bits per heavy atom. The minimum atomic E-state index is -3.74. The highest BCUT2D eigenvalue weighted by Gasteiger charge is 2.23. The fourth-order valence-electron chi connectivity index (χ4n) is 2.08. The smallest absolute Gasteiger partial charge is 0.251 e. The summed E-state index contributed by atoms with van der Waals surface area (Å²) in [7, 11) is -0.933. The van der Waals surface area contributed by atoms with E-state index in [1.54, 1.807) is 13.0 Å². The second-order valence-electron chi connectivity index (χ2n) is 5.58. The average molecular weight is 371 g/mol. The van der Waals surface area contributed by atoms with E-state index in [2.05, 4.69) is 5.32 Å². The minimum Gasteiger partial charge on any atom is -0.464 e. The van der Waals surface area contributed by atoms with Gasteiger partial charge in [0, 0.05) is 19.7 Å². The second kappa shape index (κ2) is 6.96. The van der Waals surface area contributed by atoms with Gasteiger partial charge in [-0.3, -0.25) is 4.79 Å². The van der Waals surface area contributed by atoms with Gasteiger partial charge in [-0.25, -0.2) is 12.7 Å². The van der Waals surface area contributed by atoms with Gasteiger partial charge >= 0.3 is 0 Å². The summed E-state index contributed by atoms with van der Waals surface area (Å²) in [5.74, 6) is 0.955. The molecule has 1 aromatic heterocycles. The van der Waals surface area contributed by atoms with Gasteiger partial charge in [-0.05, 0) is 44.2 Å². The summed E-state index contributed by atoms with van der Waals surface area (Å²) in [6.07, 6.45) is 0. The van der Waals surface area contributed by atoms with Crippen molar-refractivity contribution in [2.24, 2.45) is 0 Å². The van der Waals surface area contributed by atoms with Crippen LogP contribution >= 0.6 is 11.6 Å². The standard InChI is InChI=1S/C16H19ClN2O4S/c1-10-5-8-14(23-10)11(2)18-16(20)12-6-7-13(17)15(9-12)24(21,22)19(3)4/h5-9,11H,1-4H3,(H,18,20). The number of benzene rings is 1. The third kappa shape index (κ3) is 3.80. The monoisotopic (exact) mass is 370 g/mol. The maximum Gasteiger partial charge on any atom is 0.251 e. The van der Waals surface area contributed by atoms with Crippen LogP contribution in [0.1, 0.15) is 34.8 Å². The van der Waals surface area contributed by atoms with Gasteiger partial charge < -0.3 is 9.73 Å². The summed E-state index contributed by atoms with van der Waals surface area (Å²) >= 11 is 5.98. The Kier molecular flexibility index (Phi) is 5.37. The van der Waals surface area contributed by atoms with Gasteiger partial charge in [-0.15, -0.1) is 0 Å². The van der Waals surface area contributed by atoms with Crippen molar-refractivity contribution in [3.8, 4) is 0 Å². The molecule has 0 spiro atoms. The van der Waals surface area contributed by atoms with Gasteiger partial charge in [0.1, 0.15) is 16.4 Å². The number of hydrogen-bond acceptors (Lipinski definition) is 4. The molecule has 8 heteroatoms. The molecule has 0 bridgehead atoms. The Bertz CT molecular complexity index is 859. The van der Waals surface area contributed by atoms with E-state index >= 15 is 0 Å². The van der Waals surface area contributed by atoms with Gasteiger partial charge in [0.2, 0.25) is 10.0 Å². The van der Waals surface area contributed by atoms with Crippen molar-refractivity contribution < 1.29 is 17.6 Å². The van der Waals surface area contributed by atoms with Crippen molar-refractivity contribution in [3.05, 3.63) is 52.4 Å². The molecule has 0 saturated carbocycles. The van der Waals surface area contributed by atoms with E-state index in [1.807, 2.05) is 13.0 Å². The topological polar surface area (TPSA) is 79.6 Å². The molecule has 0 saturated heterocycles. The number of sulfonamides is 1. The first-order valence-electron chi connectivity index (χ1n) is 7.22. The molecule has 1 aromatic carbocycles. The number of rotatable bonds is 5. The maximum atomic E-state index is 12.4. The van der Waals surface area contributed by atoms with E-state index in [0.29, 0.717) is 5.76 Å². The van der Waals surface area contributed by atoms with Crippen LogP contribution in [-0.4, -0.2) is 32.7 Å². The first-order chi connectivity index (χ1) is 11.1. The molecule has 1 N–H and O–H groups in total. The minimum absolute atomic E-state index is 0.0648. The number of furan rings is 1. The highest BCUT2D eigenvalue weighted by molar-refractivity contribution is 7.89. The highest BCUT2D eigenvalue weighted by atomic mass is 35.5. The summed E-state index contributed by atoms with van der Waals surface area (Å²) in [5.41, 5.74) is 0.204. The third-order valence-electron chi connectivity index (χ3n) is 3.49. The fraction of sp³-hybridized carbons (Fsp3) is 0.312.